The second-order valence-electron chi connectivity index (χ2n) is 13.0. The van der Waals surface area contributed by atoms with Gasteiger partial charge in [0, 0.05) is 47.5 Å². The summed E-state index contributed by atoms with van der Waals surface area (Å²) in [5.41, 5.74) is 11.4. The molecule has 0 amide bonds. The Morgan fingerprint density at radius 2 is 1.30 bits per heavy atom. The lowest BCUT2D eigenvalue weighted by molar-refractivity contribution is 0.666. The van der Waals surface area contributed by atoms with Gasteiger partial charge in [0.25, 0.3) is 0 Å². The van der Waals surface area contributed by atoms with Crippen molar-refractivity contribution in [2.75, 3.05) is 0 Å². The van der Waals surface area contributed by atoms with Gasteiger partial charge in [0.1, 0.15) is 0 Å². The molecule has 1 aliphatic rings. The van der Waals surface area contributed by atoms with E-state index in [-0.39, 0.29) is 5.41 Å². The Labute approximate surface area is 276 Å². The zero-order chi connectivity index (χ0) is 31.3. The van der Waals surface area contributed by atoms with E-state index in [1.165, 1.54) is 53.5 Å². The van der Waals surface area contributed by atoms with Crippen molar-refractivity contribution in [3.63, 3.8) is 0 Å². The molecule has 9 aromatic rings. The molecule has 6 aromatic carbocycles. The highest BCUT2D eigenvalue weighted by molar-refractivity contribution is 7.26. The molecule has 47 heavy (non-hydrogen) atoms. The SMILES string of the molecule is CC1(C)c2ccccc2-c2c1c1c3c(ccc1n2-c1nc(-c2ccccc2)c2cc(-c4ccccc4)ccc2n1)sc1ccccc13. The molecule has 3 heterocycles. The second-order valence-corrected chi connectivity index (χ2v) is 14.1. The number of hydrogen-bond donors (Lipinski definition) is 0. The predicted molar refractivity (Wildman–Crippen MR) is 198 cm³/mol. The molecule has 0 bridgehead atoms. The van der Waals surface area contributed by atoms with Crippen LogP contribution in [0.25, 0.3) is 81.6 Å². The van der Waals surface area contributed by atoms with Crippen LogP contribution in [0.3, 0.4) is 0 Å². The largest absolute Gasteiger partial charge is 0.278 e. The molecule has 0 atom stereocenters. The molecule has 1 aliphatic carbocycles. The summed E-state index contributed by atoms with van der Waals surface area (Å²) >= 11 is 1.87. The molecule has 0 saturated carbocycles. The summed E-state index contributed by atoms with van der Waals surface area (Å²) in [4.78, 5) is 10.9. The number of aromatic nitrogens is 3. The Bertz CT molecular complexity index is 2700. The molecule has 3 nitrogen and oxygen atoms in total. The summed E-state index contributed by atoms with van der Waals surface area (Å²) in [6, 6.07) is 49.9. The number of nitrogens with zero attached hydrogens (tertiary/aromatic N) is 3. The van der Waals surface area contributed by atoms with Crippen molar-refractivity contribution in [1.29, 1.82) is 0 Å². The maximum atomic E-state index is 5.48. The van der Waals surface area contributed by atoms with Gasteiger partial charge < -0.3 is 0 Å². The maximum Gasteiger partial charge on any atom is 0.235 e. The molecule has 3 aromatic heterocycles. The van der Waals surface area contributed by atoms with E-state index in [9.17, 15) is 0 Å². The van der Waals surface area contributed by atoms with Crippen LogP contribution in [-0.2, 0) is 5.41 Å². The smallest absolute Gasteiger partial charge is 0.235 e. The van der Waals surface area contributed by atoms with E-state index in [4.69, 9.17) is 9.97 Å². The van der Waals surface area contributed by atoms with Gasteiger partial charge in [0.2, 0.25) is 5.95 Å². The zero-order valence-corrected chi connectivity index (χ0v) is 26.8. The topological polar surface area (TPSA) is 30.7 Å². The van der Waals surface area contributed by atoms with Crippen LogP contribution in [0, 0.1) is 0 Å². The number of thiophene rings is 1. The number of fused-ring (bicyclic) bond motifs is 10. The first-order valence-electron chi connectivity index (χ1n) is 16.1. The van der Waals surface area contributed by atoms with Gasteiger partial charge in [-0.2, -0.15) is 0 Å². The van der Waals surface area contributed by atoms with Gasteiger partial charge in [-0.1, -0.05) is 123 Å². The fraction of sp³-hybridized carbons (Fsp3) is 0.0698. The van der Waals surface area contributed by atoms with E-state index in [0.717, 1.165) is 33.2 Å². The van der Waals surface area contributed by atoms with Crippen molar-refractivity contribution in [2.24, 2.45) is 0 Å². The molecule has 0 unspecified atom stereocenters. The monoisotopic (exact) mass is 619 g/mol. The highest BCUT2D eigenvalue weighted by atomic mass is 32.1. The molecule has 10 rings (SSSR count). The third kappa shape index (κ3) is 3.73. The van der Waals surface area contributed by atoms with E-state index in [2.05, 4.69) is 158 Å². The molecule has 0 aliphatic heterocycles. The Balaban J connectivity index is 1.35. The average molecular weight is 620 g/mol. The Morgan fingerprint density at radius 3 is 2.13 bits per heavy atom. The van der Waals surface area contributed by atoms with Crippen LogP contribution in [0.4, 0.5) is 0 Å². The van der Waals surface area contributed by atoms with Crippen molar-refractivity contribution >= 4 is 53.3 Å². The first kappa shape index (κ1) is 26.6. The van der Waals surface area contributed by atoms with Gasteiger partial charge in [-0.05, 0) is 52.6 Å². The fourth-order valence-corrected chi connectivity index (χ4v) is 8.99. The van der Waals surface area contributed by atoms with Crippen molar-refractivity contribution in [3.8, 4) is 39.6 Å². The van der Waals surface area contributed by atoms with Gasteiger partial charge in [-0.25, -0.2) is 9.97 Å². The van der Waals surface area contributed by atoms with Crippen molar-refractivity contribution in [3.05, 3.63) is 151 Å². The minimum absolute atomic E-state index is 0.198. The highest BCUT2D eigenvalue weighted by Crippen LogP contribution is 2.56. The van der Waals surface area contributed by atoms with Gasteiger partial charge in [0.15, 0.2) is 0 Å². The average Bonchev–Trinajstić information content (AvgIpc) is 3.75. The van der Waals surface area contributed by atoms with Gasteiger partial charge >= 0.3 is 0 Å². The van der Waals surface area contributed by atoms with Crippen LogP contribution in [0.2, 0.25) is 0 Å². The standard InChI is InChI=1S/C43H29N3S/c1-43(2)32-19-11-9-17-29(32)41-39(43)38-34(23-24-36-37(38)30-18-10-12-20-35(30)47-36)46(41)42-44-33-22-21-28(26-13-5-3-6-14-26)25-31(33)40(45-42)27-15-7-4-8-16-27/h3-25H,1-2H3. The lowest BCUT2D eigenvalue weighted by Crippen LogP contribution is -2.14. The quantitative estimate of drug-likeness (QED) is 0.197. The summed E-state index contributed by atoms with van der Waals surface area (Å²) in [5, 5.41) is 4.99. The number of benzene rings is 6. The highest BCUT2D eigenvalue weighted by Gasteiger charge is 2.41. The molecule has 0 N–H and O–H groups in total. The minimum atomic E-state index is -0.198. The normalized spacial score (nSPS) is 13.5. The first-order chi connectivity index (χ1) is 23.1. The molecule has 4 heteroatoms. The van der Waals surface area contributed by atoms with Crippen LogP contribution < -0.4 is 0 Å². The zero-order valence-electron chi connectivity index (χ0n) is 26.0. The van der Waals surface area contributed by atoms with Crippen LogP contribution >= 0.6 is 11.3 Å². The summed E-state index contributed by atoms with van der Waals surface area (Å²) in [6.07, 6.45) is 0. The van der Waals surface area contributed by atoms with Crippen LogP contribution in [-0.4, -0.2) is 14.5 Å². The molecule has 0 spiro atoms. The number of hydrogen-bond acceptors (Lipinski definition) is 3. The summed E-state index contributed by atoms with van der Waals surface area (Å²) in [6.45, 7) is 4.74. The van der Waals surface area contributed by atoms with E-state index < -0.39 is 0 Å². The molecule has 0 radical (unpaired) electrons. The van der Waals surface area contributed by atoms with Crippen LogP contribution in [0.5, 0.6) is 0 Å². The van der Waals surface area contributed by atoms with Gasteiger partial charge in [-0.3, -0.25) is 4.57 Å². The van der Waals surface area contributed by atoms with Crippen LogP contribution in [0.15, 0.2) is 140 Å². The summed E-state index contributed by atoms with van der Waals surface area (Å²) in [7, 11) is 0. The molecule has 0 saturated heterocycles. The van der Waals surface area contributed by atoms with Crippen molar-refractivity contribution < 1.29 is 0 Å². The van der Waals surface area contributed by atoms with Crippen LogP contribution in [0.1, 0.15) is 25.0 Å². The molecular formula is C43H29N3S. The second kappa shape index (κ2) is 9.71. The van der Waals surface area contributed by atoms with Crippen molar-refractivity contribution in [2.45, 2.75) is 19.3 Å². The Hall–Kier alpha value is -5.58. The van der Waals surface area contributed by atoms with E-state index in [0.29, 0.717) is 5.95 Å². The van der Waals surface area contributed by atoms with Gasteiger partial charge in [0.05, 0.1) is 22.4 Å². The van der Waals surface area contributed by atoms with Crippen molar-refractivity contribution in [1.82, 2.24) is 14.5 Å². The first-order valence-corrected chi connectivity index (χ1v) is 16.9. The Morgan fingerprint density at radius 1 is 0.574 bits per heavy atom. The fourth-order valence-electron chi connectivity index (χ4n) is 7.88. The number of rotatable bonds is 3. The van der Waals surface area contributed by atoms with Gasteiger partial charge in [-0.15, -0.1) is 11.3 Å². The third-order valence-electron chi connectivity index (χ3n) is 9.99. The minimum Gasteiger partial charge on any atom is -0.278 e. The summed E-state index contributed by atoms with van der Waals surface area (Å²) < 4.78 is 4.97. The Kier molecular flexibility index (Phi) is 5.50. The third-order valence-corrected chi connectivity index (χ3v) is 11.1. The lowest BCUT2D eigenvalue weighted by atomic mass is 9.81. The van der Waals surface area contributed by atoms with E-state index in [1.54, 1.807) is 0 Å². The van der Waals surface area contributed by atoms with E-state index in [1.807, 2.05) is 11.3 Å². The predicted octanol–water partition coefficient (Wildman–Crippen LogP) is 11.6. The lowest BCUT2D eigenvalue weighted by Gasteiger charge is -2.21. The summed E-state index contributed by atoms with van der Waals surface area (Å²) in [5.74, 6) is 0.696. The molecule has 0 fully saturated rings. The maximum absolute atomic E-state index is 5.48. The molecular weight excluding hydrogens is 591 g/mol. The van der Waals surface area contributed by atoms with E-state index >= 15 is 0 Å². The molecule has 222 valence electrons.